The van der Waals surface area contributed by atoms with Gasteiger partial charge in [-0.15, -0.1) is 11.3 Å². The number of anilines is 1. The maximum absolute atomic E-state index is 12.1. The van der Waals surface area contributed by atoms with Crippen molar-refractivity contribution in [2.45, 2.75) is 20.4 Å². The molecule has 0 saturated heterocycles. The van der Waals surface area contributed by atoms with E-state index in [-0.39, 0.29) is 11.5 Å². The quantitative estimate of drug-likeness (QED) is 0.932. The van der Waals surface area contributed by atoms with Crippen LogP contribution in [0.5, 0.6) is 0 Å². The van der Waals surface area contributed by atoms with Gasteiger partial charge in [-0.3, -0.25) is 9.59 Å². The Morgan fingerprint density at radius 2 is 2.21 bits per heavy atom. The first-order valence-corrected chi connectivity index (χ1v) is 7.40. The smallest absolute Gasteiger partial charge is 0.265 e. The zero-order chi connectivity index (χ0) is 14.0. The minimum Gasteiger partial charge on any atom is -0.320 e. The third kappa shape index (κ3) is 3.13. The van der Waals surface area contributed by atoms with Gasteiger partial charge in [-0.05, 0) is 47.5 Å². The number of amides is 1. The van der Waals surface area contributed by atoms with E-state index in [4.69, 9.17) is 0 Å². The van der Waals surface area contributed by atoms with Crippen LogP contribution in [0.2, 0.25) is 0 Å². The molecule has 2 aromatic heterocycles. The number of halogens is 1. The molecule has 0 atom stereocenters. The van der Waals surface area contributed by atoms with Crippen molar-refractivity contribution < 1.29 is 4.79 Å². The highest BCUT2D eigenvalue weighted by molar-refractivity contribution is 9.11. The van der Waals surface area contributed by atoms with Gasteiger partial charge in [0, 0.05) is 18.8 Å². The van der Waals surface area contributed by atoms with Gasteiger partial charge in [-0.1, -0.05) is 0 Å². The SMILES string of the molecule is CCn1cc(NC(=O)c2cc(C)c(Br)s2)ccc1=O. The highest BCUT2D eigenvalue weighted by atomic mass is 79.9. The molecule has 0 aliphatic carbocycles. The van der Waals surface area contributed by atoms with E-state index >= 15 is 0 Å². The average Bonchev–Trinajstić information content (AvgIpc) is 2.72. The standard InChI is InChI=1S/C13H13BrN2O2S/c1-3-16-7-9(4-5-11(16)17)15-13(18)10-6-8(2)12(14)19-10/h4-7H,3H2,1-2H3,(H,15,18). The number of pyridine rings is 1. The zero-order valence-electron chi connectivity index (χ0n) is 10.6. The van der Waals surface area contributed by atoms with Crippen molar-refractivity contribution in [3.05, 3.63) is 49.0 Å². The Labute approximate surface area is 123 Å². The Balaban J connectivity index is 2.21. The molecule has 100 valence electrons. The average molecular weight is 341 g/mol. The van der Waals surface area contributed by atoms with E-state index in [2.05, 4.69) is 21.2 Å². The molecule has 0 spiro atoms. The van der Waals surface area contributed by atoms with Gasteiger partial charge in [0.25, 0.3) is 11.5 Å². The Bertz CT molecular complexity index is 656. The molecular weight excluding hydrogens is 328 g/mol. The number of carbonyl (C=O) groups excluding carboxylic acids is 1. The van der Waals surface area contributed by atoms with Crippen LogP contribution in [0.25, 0.3) is 0 Å². The molecular formula is C13H13BrN2O2S. The van der Waals surface area contributed by atoms with Crippen molar-refractivity contribution in [3.63, 3.8) is 0 Å². The van der Waals surface area contributed by atoms with Gasteiger partial charge in [0.2, 0.25) is 0 Å². The number of aryl methyl sites for hydroxylation is 2. The lowest BCUT2D eigenvalue weighted by Crippen LogP contribution is -2.19. The molecule has 0 fully saturated rings. The summed E-state index contributed by atoms with van der Waals surface area (Å²) < 4.78 is 2.50. The Morgan fingerprint density at radius 3 is 2.79 bits per heavy atom. The second-order valence-corrected chi connectivity index (χ2v) is 6.43. The van der Waals surface area contributed by atoms with Crippen LogP contribution >= 0.6 is 27.3 Å². The molecule has 0 saturated carbocycles. The van der Waals surface area contributed by atoms with E-state index in [1.165, 1.54) is 17.4 Å². The molecule has 6 heteroatoms. The molecule has 0 radical (unpaired) electrons. The van der Waals surface area contributed by atoms with E-state index in [9.17, 15) is 9.59 Å². The zero-order valence-corrected chi connectivity index (χ0v) is 13.0. The molecule has 19 heavy (non-hydrogen) atoms. The monoisotopic (exact) mass is 340 g/mol. The molecule has 2 rings (SSSR count). The van der Waals surface area contributed by atoms with E-state index in [1.807, 2.05) is 19.9 Å². The highest BCUT2D eigenvalue weighted by Crippen LogP contribution is 2.27. The van der Waals surface area contributed by atoms with Gasteiger partial charge in [0.05, 0.1) is 14.4 Å². The van der Waals surface area contributed by atoms with Crippen molar-refractivity contribution in [2.75, 3.05) is 5.32 Å². The first-order valence-electron chi connectivity index (χ1n) is 5.79. The Kier molecular flexibility index (Phi) is 4.21. The summed E-state index contributed by atoms with van der Waals surface area (Å²) in [4.78, 5) is 24.1. The molecule has 1 N–H and O–H groups in total. The number of hydrogen-bond acceptors (Lipinski definition) is 3. The number of hydrogen-bond donors (Lipinski definition) is 1. The fraction of sp³-hybridized carbons (Fsp3) is 0.231. The molecule has 2 heterocycles. The number of carbonyl (C=O) groups is 1. The van der Waals surface area contributed by atoms with Crippen molar-refractivity contribution in [2.24, 2.45) is 0 Å². The highest BCUT2D eigenvalue weighted by Gasteiger charge is 2.11. The lowest BCUT2D eigenvalue weighted by molar-refractivity contribution is 0.103. The van der Waals surface area contributed by atoms with Crippen LogP contribution in [0.3, 0.4) is 0 Å². The topological polar surface area (TPSA) is 51.1 Å². The predicted octanol–water partition coefficient (Wildman–Crippen LogP) is 3.25. The summed E-state index contributed by atoms with van der Waals surface area (Å²) in [5, 5.41) is 2.79. The molecule has 2 aromatic rings. The van der Waals surface area contributed by atoms with Crippen LogP contribution in [0.15, 0.2) is 33.0 Å². The Hall–Kier alpha value is -1.40. The molecule has 0 aliphatic heterocycles. The molecule has 1 amide bonds. The van der Waals surface area contributed by atoms with E-state index in [1.54, 1.807) is 16.8 Å². The summed E-state index contributed by atoms with van der Waals surface area (Å²) in [5.41, 5.74) is 1.58. The number of rotatable bonds is 3. The van der Waals surface area contributed by atoms with Gasteiger partial charge in [0.1, 0.15) is 0 Å². The molecule has 0 unspecified atom stereocenters. The Morgan fingerprint density at radius 1 is 1.47 bits per heavy atom. The molecule has 0 bridgehead atoms. The van der Waals surface area contributed by atoms with Crippen molar-refractivity contribution >= 4 is 38.9 Å². The number of aromatic nitrogens is 1. The first-order chi connectivity index (χ1) is 9.01. The summed E-state index contributed by atoms with van der Waals surface area (Å²) >= 11 is 4.79. The van der Waals surface area contributed by atoms with Gasteiger partial charge in [-0.25, -0.2) is 0 Å². The van der Waals surface area contributed by atoms with Gasteiger partial charge in [0.15, 0.2) is 0 Å². The van der Waals surface area contributed by atoms with Crippen molar-refractivity contribution in [1.82, 2.24) is 4.57 Å². The fourth-order valence-corrected chi connectivity index (χ4v) is 3.05. The van der Waals surface area contributed by atoms with Crippen molar-refractivity contribution in [3.8, 4) is 0 Å². The van der Waals surface area contributed by atoms with E-state index in [0.29, 0.717) is 17.1 Å². The van der Waals surface area contributed by atoms with Crippen LogP contribution in [-0.2, 0) is 6.54 Å². The summed E-state index contributed by atoms with van der Waals surface area (Å²) in [6.45, 7) is 4.40. The van der Waals surface area contributed by atoms with Crippen LogP contribution in [0, 0.1) is 6.92 Å². The van der Waals surface area contributed by atoms with Crippen LogP contribution in [0.1, 0.15) is 22.2 Å². The number of nitrogens with one attached hydrogen (secondary N) is 1. The largest absolute Gasteiger partial charge is 0.320 e. The van der Waals surface area contributed by atoms with Gasteiger partial charge < -0.3 is 9.88 Å². The lowest BCUT2D eigenvalue weighted by atomic mass is 10.3. The minimum atomic E-state index is -0.167. The van der Waals surface area contributed by atoms with Gasteiger partial charge in [-0.2, -0.15) is 0 Å². The van der Waals surface area contributed by atoms with Crippen LogP contribution in [-0.4, -0.2) is 10.5 Å². The van der Waals surface area contributed by atoms with Crippen LogP contribution in [0.4, 0.5) is 5.69 Å². The molecule has 0 aliphatic rings. The first kappa shape index (κ1) is 14.0. The second kappa shape index (κ2) is 5.71. The molecule has 0 aromatic carbocycles. The van der Waals surface area contributed by atoms with E-state index < -0.39 is 0 Å². The summed E-state index contributed by atoms with van der Waals surface area (Å²) in [6, 6.07) is 4.90. The summed E-state index contributed by atoms with van der Waals surface area (Å²) in [6.07, 6.45) is 1.65. The third-order valence-corrected chi connectivity index (χ3v) is 4.80. The second-order valence-electron chi connectivity index (χ2n) is 4.06. The fourth-order valence-electron chi connectivity index (χ4n) is 1.62. The van der Waals surface area contributed by atoms with Crippen LogP contribution < -0.4 is 10.9 Å². The number of nitrogens with zero attached hydrogens (tertiary/aromatic N) is 1. The lowest BCUT2D eigenvalue weighted by Gasteiger charge is -2.06. The number of thiophene rings is 1. The molecule has 4 nitrogen and oxygen atoms in total. The third-order valence-electron chi connectivity index (χ3n) is 2.66. The van der Waals surface area contributed by atoms with Crippen molar-refractivity contribution in [1.29, 1.82) is 0 Å². The van der Waals surface area contributed by atoms with Gasteiger partial charge >= 0.3 is 0 Å². The maximum atomic E-state index is 12.1. The maximum Gasteiger partial charge on any atom is 0.265 e. The summed E-state index contributed by atoms with van der Waals surface area (Å²) in [7, 11) is 0. The normalized spacial score (nSPS) is 10.5. The summed E-state index contributed by atoms with van der Waals surface area (Å²) in [5.74, 6) is -0.167. The van der Waals surface area contributed by atoms with E-state index in [0.717, 1.165) is 9.35 Å². The minimum absolute atomic E-state index is 0.0739. The predicted molar refractivity (Wildman–Crippen MR) is 81.1 cm³/mol.